The van der Waals surface area contributed by atoms with Gasteiger partial charge in [0.25, 0.3) is 0 Å². The van der Waals surface area contributed by atoms with Crippen LogP contribution in [0.1, 0.15) is 11.3 Å². The first kappa shape index (κ1) is 16.8. The molecule has 0 bridgehead atoms. The van der Waals surface area contributed by atoms with Crippen molar-refractivity contribution in [2.45, 2.75) is 6.54 Å². The standard InChI is InChI=1S/C18H17N5OS/c1-24-15-8-6-13(7-9-15)10-20-18(25)23-21-12-14-11-19-16-4-2-3-5-17(16)22-14/h2-9,11-12H,10H2,1H3,(H2,20,23,25)/b21-12-. The van der Waals surface area contributed by atoms with Crippen LogP contribution in [0.2, 0.25) is 0 Å². The number of ether oxygens (including phenoxy) is 1. The Morgan fingerprint density at radius 3 is 2.68 bits per heavy atom. The molecule has 0 aliphatic heterocycles. The van der Waals surface area contributed by atoms with Gasteiger partial charge in [0.05, 0.1) is 30.6 Å². The van der Waals surface area contributed by atoms with Gasteiger partial charge in [-0.25, -0.2) is 4.98 Å². The van der Waals surface area contributed by atoms with Crippen molar-refractivity contribution in [3.8, 4) is 5.75 Å². The Morgan fingerprint density at radius 2 is 1.92 bits per heavy atom. The summed E-state index contributed by atoms with van der Waals surface area (Å²) in [7, 11) is 1.64. The molecule has 25 heavy (non-hydrogen) atoms. The Labute approximate surface area is 151 Å². The van der Waals surface area contributed by atoms with Crippen molar-refractivity contribution in [3.63, 3.8) is 0 Å². The number of rotatable bonds is 5. The van der Waals surface area contributed by atoms with Crippen molar-refractivity contribution in [1.82, 2.24) is 20.7 Å². The molecular formula is C18H17N5OS. The number of hydrazone groups is 1. The number of para-hydroxylation sites is 2. The molecule has 3 aromatic rings. The number of hydrogen-bond acceptors (Lipinski definition) is 5. The van der Waals surface area contributed by atoms with Gasteiger partial charge in [-0.1, -0.05) is 24.3 Å². The molecule has 1 aromatic heterocycles. The molecule has 0 amide bonds. The monoisotopic (exact) mass is 351 g/mol. The maximum absolute atomic E-state index is 5.20. The van der Waals surface area contributed by atoms with Gasteiger partial charge in [-0.05, 0) is 42.0 Å². The lowest BCUT2D eigenvalue weighted by molar-refractivity contribution is 0.414. The zero-order valence-corrected chi connectivity index (χ0v) is 14.5. The van der Waals surface area contributed by atoms with Crippen LogP contribution in [0, 0.1) is 0 Å². The predicted octanol–water partition coefficient (Wildman–Crippen LogP) is 2.64. The quantitative estimate of drug-likeness (QED) is 0.418. The zero-order valence-electron chi connectivity index (χ0n) is 13.6. The Balaban J connectivity index is 1.51. The van der Waals surface area contributed by atoms with Gasteiger partial charge in [-0.3, -0.25) is 10.4 Å². The molecule has 0 fully saturated rings. The van der Waals surface area contributed by atoms with E-state index in [4.69, 9.17) is 17.0 Å². The fraction of sp³-hybridized carbons (Fsp3) is 0.111. The molecule has 7 heteroatoms. The lowest BCUT2D eigenvalue weighted by Crippen LogP contribution is -2.31. The Bertz CT molecular complexity index is 895. The average Bonchev–Trinajstić information content (AvgIpc) is 2.66. The van der Waals surface area contributed by atoms with E-state index < -0.39 is 0 Å². The summed E-state index contributed by atoms with van der Waals surface area (Å²) in [6.45, 7) is 0.598. The van der Waals surface area contributed by atoms with Gasteiger partial charge >= 0.3 is 0 Å². The average molecular weight is 351 g/mol. The van der Waals surface area contributed by atoms with E-state index in [1.807, 2.05) is 48.5 Å². The van der Waals surface area contributed by atoms with Crippen LogP contribution in [-0.2, 0) is 6.54 Å². The van der Waals surface area contributed by atoms with Gasteiger partial charge in [0.2, 0.25) is 0 Å². The predicted molar refractivity (Wildman–Crippen MR) is 103 cm³/mol. The summed E-state index contributed by atoms with van der Waals surface area (Å²) in [6, 6.07) is 15.4. The van der Waals surface area contributed by atoms with E-state index in [-0.39, 0.29) is 0 Å². The first-order valence-corrected chi connectivity index (χ1v) is 8.07. The summed E-state index contributed by atoms with van der Waals surface area (Å²) < 4.78 is 5.13. The van der Waals surface area contributed by atoms with Gasteiger partial charge in [0, 0.05) is 6.54 Å². The van der Waals surface area contributed by atoms with Crippen molar-refractivity contribution in [2.24, 2.45) is 5.10 Å². The topological polar surface area (TPSA) is 71.4 Å². The second-order valence-corrected chi connectivity index (χ2v) is 5.59. The number of nitrogens with one attached hydrogen (secondary N) is 2. The molecule has 0 aliphatic rings. The molecule has 3 rings (SSSR count). The number of aromatic nitrogens is 2. The lowest BCUT2D eigenvalue weighted by atomic mass is 10.2. The lowest BCUT2D eigenvalue weighted by Gasteiger charge is -2.07. The van der Waals surface area contributed by atoms with Crippen LogP contribution >= 0.6 is 12.2 Å². The number of benzene rings is 2. The largest absolute Gasteiger partial charge is 0.497 e. The first-order valence-electron chi connectivity index (χ1n) is 7.66. The number of nitrogens with zero attached hydrogens (tertiary/aromatic N) is 3. The SMILES string of the molecule is COc1ccc(CNC(=S)N/N=C\c2cnc3ccccc3n2)cc1. The third-order valence-electron chi connectivity index (χ3n) is 3.44. The van der Waals surface area contributed by atoms with Gasteiger partial charge < -0.3 is 10.1 Å². The van der Waals surface area contributed by atoms with Crippen molar-refractivity contribution < 1.29 is 4.74 Å². The molecule has 6 nitrogen and oxygen atoms in total. The second-order valence-electron chi connectivity index (χ2n) is 5.18. The van der Waals surface area contributed by atoms with Crippen LogP contribution in [0.5, 0.6) is 5.75 Å². The van der Waals surface area contributed by atoms with Crippen LogP contribution in [0.15, 0.2) is 59.8 Å². The van der Waals surface area contributed by atoms with E-state index in [1.165, 1.54) is 0 Å². The smallest absolute Gasteiger partial charge is 0.187 e. The minimum absolute atomic E-state index is 0.431. The highest BCUT2D eigenvalue weighted by Crippen LogP contribution is 2.11. The molecule has 0 unspecified atom stereocenters. The molecule has 0 atom stereocenters. The minimum Gasteiger partial charge on any atom is -0.497 e. The van der Waals surface area contributed by atoms with Gasteiger partial charge in [-0.15, -0.1) is 0 Å². The molecule has 2 N–H and O–H groups in total. The van der Waals surface area contributed by atoms with Crippen LogP contribution in [-0.4, -0.2) is 28.4 Å². The van der Waals surface area contributed by atoms with Gasteiger partial charge in [0.1, 0.15) is 11.4 Å². The van der Waals surface area contributed by atoms with E-state index in [9.17, 15) is 0 Å². The van der Waals surface area contributed by atoms with E-state index in [0.29, 0.717) is 17.4 Å². The number of hydrogen-bond donors (Lipinski definition) is 2. The van der Waals surface area contributed by atoms with Crippen molar-refractivity contribution in [2.75, 3.05) is 7.11 Å². The second kappa shape index (κ2) is 8.16. The zero-order chi connectivity index (χ0) is 17.5. The molecule has 0 saturated carbocycles. The number of methoxy groups -OCH3 is 1. The van der Waals surface area contributed by atoms with Gasteiger partial charge in [0.15, 0.2) is 5.11 Å². The number of fused-ring (bicyclic) bond motifs is 1. The molecule has 0 spiro atoms. The summed E-state index contributed by atoms with van der Waals surface area (Å²) in [5, 5.41) is 7.60. The van der Waals surface area contributed by atoms with Crippen LogP contribution in [0.4, 0.5) is 0 Å². The molecule has 0 radical (unpaired) electrons. The highest BCUT2D eigenvalue weighted by molar-refractivity contribution is 7.80. The molecule has 0 saturated heterocycles. The van der Waals surface area contributed by atoms with Crippen LogP contribution < -0.4 is 15.5 Å². The summed E-state index contributed by atoms with van der Waals surface area (Å²) in [4.78, 5) is 8.78. The third-order valence-corrected chi connectivity index (χ3v) is 3.68. The highest BCUT2D eigenvalue weighted by atomic mass is 32.1. The molecule has 1 heterocycles. The molecular weight excluding hydrogens is 334 g/mol. The fourth-order valence-electron chi connectivity index (χ4n) is 2.16. The Hall–Kier alpha value is -3.06. The van der Waals surface area contributed by atoms with Crippen molar-refractivity contribution in [3.05, 3.63) is 66.0 Å². The molecule has 2 aromatic carbocycles. The number of thiocarbonyl (C=S) groups is 1. The maximum Gasteiger partial charge on any atom is 0.187 e. The minimum atomic E-state index is 0.431. The van der Waals surface area contributed by atoms with Gasteiger partial charge in [-0.2, -0.15) is 5.10 Å². The molecule has 0 aliphatic carbocycles. The van der Waals surface area contributed by atoms with Crippen LogP contribution in [0.3, 0.4) is 0 Å². The summed E-state index contributed by atoms with van der Waals surface area (Å²) in [6.07, 6.45) is 3.25. The van der Waals surface area contributed by atoms with Crippen molar-refractivity contribution >= 4 is 34.6 Å². The normalized spacial score (nSPS) is 10.8. The van der Waals surface area contributed by atoms with E-state index in [0.717, 1.165) is 22.3 Å². The van der Waals surface area contributed by atoms with E-state index >= 15 is 0 Å². The first-order chi connectivity index (χ1) is 12.2. The Morgan fingerprint density at radius 1 is 1.16 bits per heavy atom. The maximum atomic E-state index is 5.20. The summed E-state index contributed by atoms with van der Waals surface area (Å²) in [5.41, 5.74) is 6.19. The van der Waals surface area contributed by atoms with E-state index in [1.54, 1.807) is 19.5 Å². The van der Waals surface area contributed by atoms with E-state index in [2.05, 4.69) is 25.8 Å². The summed E-state index contributed by atoms with van der Waals surface area (Å²) in [5.74, 6) is 0.825. The summed E-state index contributed by atoms with van der Waals surface area (Å²) >= 11 is 5.20. The fourth-order valence-corrected chi connectivity index (χ4v) is 2.28. The van der Waals surface area contributed by atoms with Crippen molar-refractivity contribution in [1.29, 1.82) is 0 Å². The third kappa shape index (κ3) is 4.71. The highest BCUT2D eigenvalue weighted by Gasteiger charge is 1.98. The Kier molecular flexibility index (Phi) is 5.48. The molecule has 126 valence electrons. The van der Waals surface area contributed by atoms with Crippen LogP contribution in [0.25, 0.3) is 11.0 Å².